The molecular formula is C21H17N3O2. The minimum absolute atomic E-state index is 0.0871. The van der Waals surface area contributed by atoms with E-state index in [4.69, 9.17) is 4.42 Å². The van der Waals surface area contributed by atoms with Crippen LogP contribution in [-0.4, -0.2) is 16.1 Å². The van der Waals surface area contributed by atoms with Gasteiger partial charge in [-0.15, -0.1) is 0 Å². The molecule has 2 aromatic carbocycles. The summed E-state index contributed by atoms with van der Waals surface area (Å²) >= 11 is 0. The topological polar surface area (TPSA) is 70.9 Å². The van der Waals surface area contributed by atoms with Crippen molar-refractivity contribution < 1.29 is 9.21 Å². The van der Waals surface area contributed by atoms with E-state index < -0.39 is 0 Å². The van der Waals surface area contributed by atoms with Gasteiger partial charge in [-0.1, -0.05) is 24.3 Å². The summed E-state index contributed by atoms with van der Waals surface area (Å²) in [5, 5.41) is 11.8. The summed E-state index contributed by atoms with van der Waals surface area (Å²) in [4.78, 5) is 12.8. The Morgan fingerprint density at radius 2 is 2.04 bits per heavy atom. The molecule has 0 atom stereocenters. The minimum atomic E-state index is -0.0871. The van der Waals surface area contributed by atoms with Gasteiger partial charge in [-0.3, -0.25) is 9.89 Å². The van der Waals surface area contributed by atoms with Gasteiger partial charge < -0.3 is 9.73 Å². The molecule has 0 radical (unpaired) electrons. The predicted molar refractivity (Wildman–Crippen MR) is 98.8 cm³/mol. The van der Waals surface area contributed by atoms with E-state index in [1.807, 2.05) is 36.4 Å². The highest BCUT2D eigenvalue weighted by atomic mass is 16.3. The summed E-state index contributed by atoms with van der Waals surface area (Å²) < 4.78 is 5.29. The Balaban J connectivity index is 1.55. The number of carbonyl (C=O) groups excluding carboxylic acids is 1. The number of rotatable bonds is 3. The van der Waals surface area contributed by atoms with Gasteiger partial charge in [-0.05, 0) is 48.2 Å². The molecule has 5 heteroatoms. The Labute approximate surface area is 150 Å². The second kappa shape index (κ2) is 5.88. The first-order valence-electron chi connectivity index (χ1n) is 8.70. The predicted octanol–water partition coefficient (Wildman–Crippen LogP) is 3.85. The van der Waals surface area contributed by atoms with Gasteiger partial charge in [0.15, 0.2) is 0 Å². The lowest BCUT2D eigenvalue weighted by atomic mass is 9.96. The molecule has 0 spiro atoms. The van der Waals surface area contributed by atoms with Crippen molar-refractivity contribution >= 4 is 16.8 Å². The number of aromatic nitrogens is 2. The Morgan fingerprint density at radius 1 is 1.12 bits per heavy atom. The smallest absolute Gasteiger partial charge is 0.251 e. The van der Waals surface area contributed by atoms with E-state index in [2.05, 4.69) is 27.6 Å². The molecule has 1 aliphatic carbocycles. The van der Waals surface area contributed by atoms with E-state index in [-0.39, 0.29) is 5.91 Å². The number of nitrogens with one attached hydrogen (secondary N) is 2. The monoisotopic (exact) mass is 343 g/mol. The lowest BCUT2D eigenvalue weighted by Gasteiger charge is -2.12. The SMILES string of the molecule is O=C(NCc1ccco1)c1cccc2c1CCc1cccc3[nH]nc-2c13. The molecule has 1 amide bonds. The van der Waals surface area contributed by atoms with Gasteiger partial charge in [-0.25, -0.2) is 0 Å². The van der Waals surface area contributed by atoms with E-state index >= 15 is 0 Å². The number of hydrogen-bond acceptors (Lipinski definition) is 3. The summed E-state index contributed by atoms with van der Waals surface area (Å²) in [5.74, 6) is 0.651. The summed E-state index contributed by atoms with van der Waals surface area (Å²) in [6.45, 7) is 0.377. The van der Waals surface area contributed by atoms with Gasteiger partial charge in [0.25, 0.3) is 5.91 Å². The van der Waals surface area contributed by atoms with Gasteiger partial charge in [0.05, 0.1) is 18.3 Å². The first-order chi connectivity index (χ1) is 12.8. The number of hydrogen-bond donors (Lipinski definition) is 2. The van der Waals surface area contributed by atoms with Crippen LogP contribution in [0, 0.1) is 0 Å². The van der Waals surface area contributed by atoms with Crippen molar-refractivity contribution in [2.45, 2.75) is 19.4 Å². The molecule has 1 aliphatic rings. The van der Waals surface area contributed by atoms with Gasteiger partial charge in [0.2, 0.25) is 0 Å². The van der Waals surface area contributed by atoms with Crippen LogP contribution in [0.15, 0.2) is 59.2 Å². The third-order valence-electron chi connectivity index (χ3n) is 5.00. The Kier molecular flexibility index (Phi) is 3.38. The van der Waals surface area contributed by atoms with Crippen molar-refractivity contribution in [3.05, 3.63) is 77.2 Å². The van der Waals surface area contributed by atoms with Gasteiger partial charge in [0, 0.05) is 16.5 Å². The molecule has 0 saturated carbocycles. The van der Waals surface area contributed by atoms with E-state index in [1.165, 1.54) is 10.9 Å². The van der Waals surface area contributed by atoms with Gasteiger partial charge >= 0.3 is 0 Å². The maximum absolute atomic E-state index is 12.8. The fraction of sp³-hybridized carbons (Fsp3) is 0.143. The van der Waals surface area contributed by atoms with Gasteiger partial charge in [0.1, 0.15) is 11.5 Å². The van der Waals surface area contributed by atoms with Crippen molar-refractivity contribution in [1.29, 1.82) is 0 Å². The number of amides is 1. The van der Waals surface area contributed by atoms with Crippen molar-refractivity contribution in [3.63, 3.8) is 0 Å². The fourth-order valence-corrected chi connectivity index (χ4v) is 3.77. The zero-order valence-electron chi connectivity index (χ0n) is 14.1. The number of aryl methyl sites for hydroxylation is 1. The Morgan fingerprint density at radius 3 is 2.92 bits per heavy atom. The van der Waals surface area contributed by atoms with Crippen LogP contribution in [0.1, 0.15) is 27.2 Å². The van der Waals surface area contributed by atoms with E-state index in [9.17, 15) is 4.79 Å². The molecule has 0 aliphatic heterocycles. The molecule has 5 nitrogen and oxygen atoms in total. The summed E-state index contributed by atoms with van der Waals surface area (Å²) in [6.07, 6.45) is 3.31. The maximum Gasteiger partial charge on any atom is 0.251 e. The van der Waals surface area contributed by atoms with Crippen molar-refractivity contribution in [3.8, 4) is 11.3 Å². The standard InChI is InChI=1S/C21H17N3O2/c25-21(22-12-14-5-3-11-26-14)17-7-2-6-16-15(17)10-9-13-4-1-8-18-19(13)20(16)24-23-18/h1-8,11H,9-10,12H2,(H,22,25)(H,23,24). The van der Waals surface area contributed by atoms with Crippen molar-refractivity contribution in [2.24, 2.45) is 0 Å². The van der Waals surface area contributed by atoms with Crippen LogP contribution in [0.3, 0.4) is 0 Å². The average Bonchev–Trinajstić information content (AvgIpc) is 3.30. The molecule has 0 saturated heterocycles. The average molecular weight is 343 g/mol. The molecule has 0 bridgehead atoms. The van der Waals surface area contributed by atoms with Crippen molar-refractivity contribution in [2.75, 3.05) is 0 Å². The number of furan rings is 1. The number of nitrogens with zero attached hydrogens (tertiary/aromatic N) is 1. The van der Waals surface area contributed by atoms with Crippen LogP contribution in [-0.2, 0) is 19.4 Å². The van der Waals surface area contributed by atoms with Crippen LogP contribution in [0.2, 0.25) is 0 Å². The third-order valence-corrected chi connectivity index (χ3v) is 5.00. The highest BCUT2D eigenvalue weighted by Gasteiger charge is 2.23. The molecule has 2 aromatic heterocycles. The largest absolute Gasteiger partial charge is 0.467 e. The third kappa shape index (κ3) is 2.32. The van der Waals surface area contributed by atoms with Crippen LogP contribution >= 0.6 is 0 Å². The van der Waals surface area contributed by atoms with Crippen LogP contribution in [0.25, 0.3) is 22.2 Å². The zero-order chi connectivity index (χ0) is 17.5. The second-order valence-corrected chi connectivity index (χ2v) is 6.51. The number of H-pyrrole nitrogens is 1. The minimum Gasteiger partial charge on any atom is -0.467 e. The first-order valence-corrected chi connectivity index (χ1v) is 8.70. The Hall–Kier alpha value is -3.34. The molecule has 128 valence electrons. The normalized spacial score (nSPS) is 12.6. The number of carbonyl (C=O) groups is 1. The van der Waals surface area contributed by atoms with Gasteiger partial charge in [-0.2, -0.15) is 5.10 Å². The number of fused-ring (bicyclic) bond motifs is 2. The fourth-order valence-electron chi connectivity index (χ4n) is 3.77. The number of benzene rings is 2. The van der Waals surface area contributed by atoms with Crippen LogP contribution < -0.4 is 5.32 Å². The maximum atomic E-state index is 12.8. The highest BCUT2D eigenvalue weighted by molar-refractivity contribution is 6.01. The summed E-state index contributed by atoms with van der Waals surface area (Å²) in [5.41, 5.74) is 6.03. The quantitative estimate of drug-likeness (QED) is 0.593. The summed E-state index contributed by atoms with van der Waals surface area (Å²) in [6, 6.07) is 15.8. The van der Waals surface area contributed by atoms with Crippen molar-refractivity contribution in [1.82, 2.24) is 15.5 Å². The molecular weight excluding hydrogens is 326 g/mol. The second-order valence-electron chi connectivity index (χ2n) is 6.51. The van der Waals surface area contributed by atoms with E-state index in [0.29, 0.717) is 12.1 Å². The Bertz CT molecular complexity index is 1110. The molecule has 2 N–H and O–H groups in total. The molecule has 5 rings (SSSR count). The molecule has 0 unspecified atom stereocenters. The highest BCUT2D eigenvalue weighted by Crippen LogP contribution is 2.36. The summed E-state index contributed by atoms with van der Waals surface area (Å²) in [7, 11) is 0. The van der Waals surface area contributed by atoms with E-state index in [1.54, 1.807) is 6.26 Å². The van der Waals surface area contributed by atoms with E-state index in [0.717, 1.165) is 40.9 Å². The molecule has 4 aromatic rings. The molecule has 26 heavy (non-hydrogen) atoms. The van der Waals surface area contributed by atoms with Crippen LogP contribution in [0.4, 0.5) is 0 Å². The zero-order valence-corrected chi connectivity index (χ0v) is 14.1. The lowest BCUT2D eigenvalue weighted by Crippen LogP contribution is -2.24. The lowest BCUT2D eigenvalue weighted by molar-refractivity contribution is 0.0947. The molecule has 2 heterocycles. The molecule has 0 fully saturated rings. The number of aromatic amines is 1. The first kappa shape index (κ1) is 15.0. The van der Waals surface area contributed by atoms with Crippen LogP contribution in [0.5, 0.6) is 0 Å².